The van der Waals surface area contributed by atoms with E-state index in [2.05, 4.69) is 29.2 Å². The monoisotopic (exact) mass is 262 g/mol. The summed E-state index contributed by atoms with van der Waals surface area (Å²) in [6.07, 6.45) is 2.65. The Labute approximate surface area is 117 Å². The molecular weight excluding hydrogens is 248 g/mol. The van der Waals surface area contributed by atoms with Crippen molar-refractivity contribution in [3.05, 3.63) is 60.3 Å². The topological polar surface area (TPSA) is 27.1 Å². The molecule has 2 aromatic carbocycles. The van der Waals surface area contributed by atoms with Gasteiger partial charge in [-0.1, -0.05) is 36.3 Å². The molecule has 0 aliphatic heterocycles. The number of benzene rings is 2. The van der Waals surface area contributed by atoms with Gasteiger partial charge in [-0.3, -0.25) is 0 Å². The van der Waals surface area contributed by atoms with E-state index in [0.717, 1.165) is 23.1 Å². The van der Waals surface area contributed by atoms with Gasteiger partial charge in [0.1, 0.15) is 5.75 Å². The molecule has 0 spiro atoms. The molecule has 1 heterocycles. The lowest BCUT2D eigenvalue weighted by Crippen LogP contribution is -1.89. The van der Waals surface area contributed by atoms with E-state index in [1.807, 2.05) is 42.6 Å². The van der Waals surface area contributed by atoms with Crippen molar-refractivity contribution >= 4 is 10.9 Å². The zero-order chi connectivity index (χ0) is 13.8. The predicted octanol–water partition coefficient (Wildman–Crippen LogP) is 3.10. The van der Waals surface area contributed by atoms with Crippen LogP contribution in [-0.2, 0) is 6.42 Å². The van der Waals surface area contributed by atoms with Crippen molar-refractivity contribution in [2.24, 2.45) is 0 Å². The van der Waals surface area contributed by atoms with Crippen LogP contribution >= 0.6 is 0 Å². The highest BCUT2D eigenvalue weighted by Crippen LogP contribution is 2.18. The number of hydrogen-bond donors (Lipinski definition) is 0. The lowest BCUT2D eigenvalue weighted by molar-refractivity contribution is 0.415. The number of fused-ring (bicyclic) bond motifs is 1. The quantitative estimate of drug-likeness (QED) is 0.664. The number of aromatic nitrogens is 2. The van der Waals surface area contributed by atoms with Gasteiger partial charge < -0.3 is 4.74 Å². The molecule has 3 heteroatoms. The van der Waals surface area contributed by atoms with E-state index < -0.39 is 0 Å². The molecule has 0 radical (unpaired) electrons. The van der Waals surface area contributed by atoms with Crippen LogP contribution in [0.2, 0.25) is 0 Å². The fourth-order valence-corrected chi connectivity index (χ4v) is 2.00. The van der Waals surface area contributed by atoms with Crippen LogP contribution in [0.1, 0.15) is 5.56 Å². The summed E-state index contributed by atoms with van der Waals surface area (Å²) in [7, 11) is 1.65. The van der Waals surface area contributed by atoms with Gasteiger partial charge >= 0.3 is 0 Å². The Bertz CT molecular complexity index is 779. The molecule has 0 saturated carbocycles. The Balaban J connectivity index is 1.81. The molecule has 0 aliphatic rings. The Morgan fingerprint density at radius 3 is 2.80 bits per heavy atom. The van der Waals surface area contributed by atoms with Crippen molar-refractivity contribution in [2.45, 2.75) is 6.42 Å². The van der Waals surface area contributed by atoms with Gasteiger partial charge in [-0.05, 0) is 17.7 Å². The Morgan fingerprint density at radius 2 is 2.00 bits per heavy atom. The van der Waals surface area contributed by atoms with Gasteiger partial charge in [-0.25, -0.2) is 0 Å². The SMILES string of the molecule is COc1ccc2cn(C#CCc3ccccc3)nc2c1. The third-order valence-corrected chi connectivity index (χ3v) is 3.04. The molecule has 98 valence electrons. The van der Waals surface area contributed by atoms with Crippen LogP contribution in [0.3, 0.4) is 0 Å². The van der Waals surface area contributed by atoms with E-state index in [1.54, 1.807) is 11.8 Å². The van der Waals surface area contributed by atoms with Gasteiger partial charge in [-0.15, -0.1) is 0 Å². The smallest absolute Gasteiger partial charge is 0.121 e. The second-order valence-corrected chi connectivity index (χ2v) is 4.45. The molecular formula is C17H14N2O. The van der Waals surface area contributed by atoms with Gasteiger partial charge in [0.2, 0.25) is 0 Å². The van der Waals surface area contributed by atoms with E-state index in [4.69, 9.17) is 4.74 Å². The molecule has 3 rings (SSSR count). The molecule has 0 saturated heterocycles. The normalized spacial score (nSPS) is 10.1. The summed E-state index contributed by atoms with van der Waals surface area (Å²) in [5, 5.41) is 5.47. The summed E-state index contributed by atoms with van der Waals surface area (Å²) in [5.41, 5.74) is 2.09. The fourth-order valence-electron chi connectivity index (χ4n) is 2.00. The first kappa shape index (κ1) is 12.3. The molecule has 0 aliphatic carbocycles. The zero-order valence-corrected chi connectivity index (χ0v) is 11.2. The molecule has 20 heavy (non-hydrogen) atoms. The molecule has 1 aromatic heterocycles. The summed E-state index contributed by atoms with van der Waals surface area (Å²) >= 11 is 0. The average molecular weight is 262 g/mol. The first-order valence-corrected chi connectivity index (χ1v) is 6.41. The lowest BCUT2D eigenvalue weighted by atomic mass is 10.2. The van der Waals surface area contributed by atoms with E-state index in [9.17, 15) is 0 Å². The summed E-state index contributed by atoms with van der Waals surface area (Å²) < 4.78 is 6.84. The standard InChI is InChI=1S/C17H14N2O/c1-20-16-10-9-15-13-19(18-17(15)12-16)11-5-8-14-6-3-2-4-7-14/h2-4,6-7,9-10,12-13H,8H2,1H3. The van der Waals surface area contributed by atoms with E-state index >= 15 is 0 Å². The number of methoxy groups -OCH3 is 1. The zero-order valence-electron chi connectivity index (χ0n) is 11.2. The van der Waals surface area contributed by atoms with Crippen LogP contribution in [0.15, 0.2) is 54.7 Å². The van der Waals surface area contributed by atoms with Gasteiger partial charge in [0.25, 0.3) is 0 Å². The minimum Gasteiger partial charge on any atom is -0.497 e. The molecule has 0 N–H and O–H groups in total. The van der Waals surface area contributed by atoms with Crippen molar-refractivity contribution in [3.8, 4) is 17.7 Å². The lowest BCUT2D eigenvalue weighted by Gasteiger charge is -1.96. The average Bonchev–Trinajstić information content (AvgIpc) is 2.90. The number of rotatable bonds is 2. The van der Waals surface area contributed by atoms with E-state index in [0.29, 0.717) is 0 Å². The van der Waals surface area contributed by atoms with Crippen LogP contribution < -0.4 is 4.74 Å². The molecule has 3 nitrogen and oxygen atoms in total. The molecule has 0 bridgehead atoms. The van der Waals surface area contributed by atoms with Gasteiger partial charge in [0.15, 0.2) is 0 Å². The highest BCUT2D eigenvalue weighted by atomic mass is 16.5. The minimum absolute atomic E-state index is 0.723. The molecule has 3 aromatic rings. The number of ether oxygens (including phenoxy) is 1. The van der Waals surface area contributed by atoms with Crippen LogP contribution in [0.4, 0.5) is 0 Å². The molecule has 0 unspecified atom stereocenters. The molecule has 0 atom stereocenters. The summed E-state index contributed by atoms with van der Waals surface area (Å²) in [5.74, 6) is 3.93. The maximum absolute atomic E-state index is 5.19. The number of hydrogen-bond acceptors (Lipinski definition) is 2. The van der Waals surface area contributed by atoms with Crippen molar-refractivity contribution in [2.75, 3.05) is 7.11 Å². The van der Waals surface area contributed by atoms with Crippen molar-refractivity contribution < 1.29 is 4.74 Å². The fraction of sp³-hybridized carbons (Fsp3) is 0.118. The van der Waals surface area contributed by atoms with Crippen molar-refractivity contribution in [1.82, 2.24) is 9.78 Å². The van der Waals surface area contributed by atoms with Crippen LogP contribution in [0.5, 0.6) is 5.75 Å². The Morgan fingerprint density at radius 1 is 1.15 bits per heavy atom. The Hall–Kier alpha value is -2.73. The van der Waals surface area contributed by atoms with E-state index in [-0.39, 0.29) is 0 Å². The second kappa shape index (κ2) is 5.50. The highest BCUT2D eigenvalue weighted by Gasteiger charge is 2.00. The van der Waals surface area contributed by atoms with Gasteiger partial charge in [-0.2, -0.15) is 9.78 Å². The first-order chi connectivity index (χ1) is 9.85. The minimum atomic E-state index is 0.723. The summed E-state index contributed by atoms with van der Waals surface area (Å²) in [6.45, 7) is 0. The maximum atomic E-state index is 5.19. The van der Waals surface area contributed by atoms with Crippen LogP contribution in [0, 0.1) is 12.0 Å². The summed E-state index contributed by atoms with van der Waals surface area (Å²) in [6, 6.07) is 19.0. The summed E-state index contributed by atoms with van der Waals surface area (Å²) in [4.78, 5) is 0. The van der Waals surface area contributed by atoms with E-state index in [1.165, 1.54) is 5.56 Å². The van der Waals surface area contributed by atoms with Crippen LogP contribution in [-0.4, -0.2) is 16.9 Å². The highest BCUT2D eigenvalue weighted by molar-refractivity contribution is 5.79. The van der Waals surface area contributed by atoms with Crippen LogP contribution in [0.25, 0.3) is 10.9 Å². The third-order valence-electron chi connectivity index (χ3n) is 3.04. The largest absolute Gasteiger partial charge is 0.497 e. The Kier molecular flexibility index (Phi) is 3.38. The predicted molar refractivity (Wildman–Crippen MR) is 79.6 cm³/mol. The van der Waals surface area contributed by atoms with Gasteiger partial charge in [0, 0.05) is 30.1 Å². The van der Waals surface area contributed by atoms with Crippen molar-refractivity contribution in [1.29, 1.82) is 0 Å². The third kappa shape index (κ3) is 2.65. The number of nitrogens with zero attached hydrogens (tertiary/aromatic N) is 2. The second-order valence-electron chi connectivity index (χ2n) is 4.45. The molecule has 0 fully saturated rings. The molecule has 0 amide bonds. The van der Waals surface area contributed by atoms with Crippen molar-refractivity contribution in [3.63, 3.8) is 0 Å². The first-order valence-electron chi connectivity index (χ1n) is 6.41. The van der Waals surface area contributed by atoms with Gasteiger partial charge in [0.05, 0.1) is 12.6 Å². The maximum Gasteiger partial charge on any atom is 0.121 e.